The first kappa shape index (κ1) is 26.6. The topological polar surface area (TPSA) is 117 Å². The number of amides is 2. The maximum Gasteiger partial charge on any atom is 0.324 e. The summed E-state index contributed by atoms with van der Waals surface area (Å²) >= 11 is 7.05. The number of carbonyl (C=O) groups is 2. The third-order valence-electron chi connectivity index (χ3n) is 5.09. The van der Waals surface area contributed by atoms with Crippen LogP contribution in [-0.2, 0) is 4.79 Å². The van der Waals surface area contributed by atoms with Gasteiger partial charge < -0.3 is 10.2 Å². The smallest absolute Gasteiger partial charge is 0.324 e. The molecule has 0 radical (unpaired) electrons. The summed E-state index contributed by atoms with van der Waals surface area (Å²) in [6.07, 6.45) is 2.82. The summed E-state index contributed by atoms with van der Waals surface area (Å²) in [4.78, 5) is 38.8. The Balaban J connectivity index is 1.83. The second-order valence-corrected chi connectivity index (χ2v) is 8.89. The molecule has 2 aromatic carbocycles. The SMILES string of the molecule is CCN(CC)c1ccc(/C=C(/NC(=O)c2ccccc2Cl)C(=O)N/N=C/c2ccc([N+](=O)[O-])s2)cc1. The van der Waals surface area contributed by atoms with E-state index >= 15 is 0 Å². The van der Waals surface area contributed by atoms with Gasteiger partial charge in [0.05, 0.1) is 26.6 Å². The van der Waals surface area contributed by atoms with Gasteiger partial charge in [0.1, 0.15) is 5.70 Å². The number of anilines is 1. The van der Waals surface area contributed by atoms with E-state index in [1.165, 1.54) is 24.4 Å². The van der Waals surface area contributed by atoms with Crippen LogP contribution in [0.5, 0.6) is 0 Å². The van der Waals surface area contributed by atoms with Gasteiger partial charge in [0.25, 0.3) is 11.8 Å². The van der Waals surface area contributed by atoms with Gasteiger partial charge in [-0.05, 0) is 55.8 Å². The van der Waals surface area contributed by atoms with E-state index in [1.807, 2.05) is 24.3 Å². The Bertz CT molecular complexity index is 1300. The van der Waals surface area contributed by atoms with Crippen LogP contribution in [0.15, 0.2) is 71.5 Å². The summed E-state index contributed by atoms with van der Waals surface area (Å²) in [6, 6.07) is 16.9. The van der Waals surface area contributed by atoms with E-state index in [-0.39, 0.29) is 21.3 Å². The van der Waals surface area contributed by atoms with Crippen molar-refractivity contribution in [3.05, 3.63) is 97.5 Å². The van der Waals surface area contributed by atoms with E-state index in [1.54, 1.807) is 24.3 Å². The fourth-order valence-corrected chi connectivity index (χ4v) is 4.17. The average Bonchev–Trinajstić information content (AvgIpc) is 3.35. The van der Waals surface area contributed by atoms with Gasteiger partial charge in [-0.25, -0.2) is 5.43 Å². The lowest BCUT2D eigenvalue weighted by Gasteiger charge is -2.21. The number of thiophene rings is 1. The molecular formula is C25H24ClN5O4S. The average molecular weight is 526 g/mol. The monoisotopic (exact) mass is 525 g/mol. The number of carbonyl (C=O) groups excluding carboxylic acids is 2. The highest BCUT2D eigenvalue weighted by Crippen LogP contribution is 2.22. The molecular weight excluding hydrogens is 502 g/mol. The Morgan fingerprint density at radius 3 is 2.39 bits per heavy atom. The maximum absolute atomic E-state index is 12.9. The minimum absolute atomic E-state index is 0.0384. The third kappa shape index (κ3) is 7.00. The van der Waals surface area contributed by atoms with Crippen LogP contribution in [0.2, 0.25) is 5.02 Å². The molecule has 0 aliphatic rings. The van der Waals surface area contributed by atoms with Gasteiger partial charge in [0, 0.05) is 24.8 Å². The number of benzene rings is 2. The van der Waals surface area contributed by atoms with E-state index in [0.717, 1.165) is 30.1 Å². The van der Waals surface area contributed by atoms with E-state index in [0.29, 0.717) is 10.4 Å². The molecule has 11 heteroatoms. The zero-order valence-electron chi connectivity index (χ0n) is 19.6. The number of nitrogens with one attached hydrogen (secondary N) is 2. The van der Waals surface area contributed by atoms with Gasteiger partial charge in [0.2, 0.25) is 0 Å². The van der Waals surface area contributed by atoms with Crippen LogP contribution in [0.25, 0.3) is 6.08 Å². The number of nitro groups is 1. The van der Waals surface area contributed by atoms with Crippen molar-refractivity contribution in [1.29, 1.82) is 0 Å². The van der Waals surface area contributed by atoms with Crippen molar-refractivity contribution in [2.24, 2.45) is 5.10 Å². The summed E-state index contributed by atoms with van der Waals surface area (Å²) in [5.74, 6) is -1.23. The summed E-state index contributed by atoms with van der Waals surface area (Å²) in [6.45, 7) is 5.86. The largest absolute Gasteiger partial charge is 0.372 e. The second kappa shape index (κ2) is 12.6. The van der Waals surface area contributed by atoms with Gasteiger partial charge in [-0.2, -0.15) is 5.10 Å². The van der Waals surface area contributed by atoms with Gasteiger partial charge in [-0.3, -0.25) is 19.7 Å². The first-order chi connectivity index (χ1) is 17.3. The molecule has 0 spiro atoms. The lowest BCUT2D eigenvalue weighted by Crippen LogP contribution is -2.33. The highest BCUT2D eigenvalue weighted by Gasteiger charge is 2.16. The second-order valence-electron chi connectivity index (χ2n) is 7.39. The summed E-state index contributed by atoms with van der Waals surface area (Å²) in [7, 11) is 0. The van der Waals surface area contributed by atoms with Crippen molar-refractivity contribution in [3.8, 4) is 0 Å². The Kier molecular flexibility index (Phi) is 9.32. The van der Waals surface area contributed by atoms with Crippen LogP contribution < -0.4 is 15.6 Å². The van der Waals surface area contributed by atoms with Gasteiger partial charge >= 0.3 is 5.00 Å². The first-order valence-electron chi connectivity index (χ1n) is 11.0. The summed E-state index contributed by atoms with van der Waals surface area (Å²) in [5.41, 5.74) is 4.24. The number of halogens is 1. The fourth-order valence-electron chi connectivity index (χ4n) is 3.25. The molecule has 2 N–H and O–H groups in total. The van der Waals surface area contributed by atoms with E-state index < -0.39 is 16.7 Å². The lowest BCUT2D eigenvalue weighted by molar-refractivity contribution is -0.380. The van der Waals surface area contributed by atoms with Crippen molar-refractivity contribution in [2.75, 3.05) is 18.0 Å². The van der Waals surface area contributed by atoms with Crippen molar-refractivity contribution >= 4 is 57.7 Å². The highest BCUT2D eigenvalue weighted by atomic mass is 35.5. The van der Waals surface area contributed by atoms with Crippen molar-refractivity contribution < 1.29 is 14.5 Å². The predicted molar refractivity (Wildman–Crippen MR) is 144 cm³/mol. The molecule has 0 unspecified atom stereocenters. The highest BCUT2D eigenvalue weighted by molar-refractivity contribution is 7.16. The molecule has 0 aliphatic carbocycles. The molecule has 9 nitrogen and oxygen atoms in total. The van der Waals surface area contributed by atoms with Crippen LogP contribution in [0.4, 0.5) is 10.7 Å². The molecule has 0 saturated heterocycles. The molecule has 0 fully saturated rings. The molecule has 3 rings (SSSR count). The predicted octanol–water partition coefficient (Wildman–Crippen LogP) is 5.08. The Labute approximate surface area is 217 Å². The number of hydrazone groups is 1. The molecule has 36 heavy (non-hydrogen) atoms. The van der Waals surface area contributed by atoms with Crippen molar-refractivity contribution in [3.63, 3.8) is 0 Å². The molecule has 0 atom stereocenters. The number of rotatable bonds is 10. The zero-order chi connectivity index (χ0) is 26.1. The molecule has 3 aromatic rings. The quantitative estimate of drug-likeness (QED) is 0.166. The van der Waals surface area contributed by atoms with Crippen LogP contribution in [-0.4, -0.2) is 36.0 Å². The Morgan fingerprint density at radius 2 is 1.78 bits per heavy atom. The van der Waals surface area contributed by atoms with Crippen LogP contribution in [0, 0.1) is 10.1 Å². The number of hydrogen-bond donors (Lipinski definition) is 2. The Morgan fingerprint density at radius 1 is 1.08 bits per heavy atom. The van der Waals surface area contributed by atoms with Crippen molar-refractivity contribution in [2.45, 2.75) is 13.8 Å². The van der Waals surface area contributed by atoms with E-state index in [2.05, 4.69) is 34.6 Å². The van der Waals surface area contributed by atoms with Crippen LogP contribution in [0.1, 0.15) is 34.6 Å². The normalized spacial score (nSPS) is 11.4. The molecule has 0 saturated carbocycles. The fraction of sp³-hybridized carbons (Fsp3) is 0.160. The van der Waals surface area contributed by atoms with E-state index in [9.17, 15) is 19.7 Å². The first-order valence-corrected chi connectivity index (χ1v) is 12.2. The number of hydrogen-bond acceptors (Lipinski definition) is 7. The molecule has 1 aromatic heterocycles. The maximum atomic E-state index is 12.9. The van der Waals surface area contributed by atoms with Gasteiger partial charge in [-0.15, -0.1) is 0 Å². The molecule has 2 amide bonds. The third-order valence-corrected chi connectivity index (χ3v) is 6.40. The minimum Gasteiger partial charge on any atom is -0.372 e. The number of nitrogens with zero attached hydrogens (tertiary/aromatic N) is 3. The van der Waals surface area contributed by atoms with Crippen LogP contribution >= 0.6 is 22.9 Å². The standard InChI is InChI=1S/C25H24ClN5O4S/c1-3-30(4-2)18-11-9-17(10-12-18)15-22(28-24(32)20-7-5-6-8-21(20)26)25(33)29-27-16-19-13-14-23(36-19)31(34)35/h5-16H,3-4H2,1-2H3,(H,28,32)(H,29,33)/b22-15+,27-16+. The molecule has 0 aliphatic heterocycles. The molecule has 1 heterocycles. The molecule has 0 bridgehead atoms. The van der Waals surface area contributed by atoms with Gasteiger partial charge in [-0.1, -0.05) is 47.2 Å². The minimum atomic E-state index is -0.675. The van der Waals surface area contributed by atoms with Crippen molar-refractivity contribution in [1.82, 2.24) is 10.7 Å². The van der Waals surface area contributed by atoms with Crippen LogP contribution in [0.3, 0.4) is 0 Å². The van der Waals surface area contributed by atoms with E-state index in [4.69, 9.17) is 11.6 Å². The van der Waals surface area contributed by atoms with Gasteiger partial charge in [0.15, 0.2) is 0 Å². The zero-order valence-corrected chi connectivity index (χ0v) is 21.2. The lowest BCUT2D eigenvalue weighted by atomic mass is 10.1. The molecule has 186 valence electrons. The summed E-state index contributed by atoms with van der Waals surface area (Å²) < 4.78 is 0. The summed E-state index contributed by atoms with van der Waals surface area (Å²) in [5, 5.41) is 17.5. The Hall–Kier alpha value is -4.02.